The molecule has 88 valence electrons. The monoisotopic (exact) mass is 229 g/mol. The minimum absolute atomic E-state index is 0.0793. The van der Waals surface area contributed by atoms with Crippen molar-refractivity contribution in [2.24, 2.45) is 5.41 Å². The highest BCUT2D eigenvalue weighted by Crippen LogP contribution is 2.40. The van der Waals surface area contributed by atoms with Crippen molar-refractivity contribution >= 4 is 5.78 Å². The van der Waals surface area contributed by atoms with Gasteiger partial charge in [0.1, 0.15) is 16.9 Å². The first-order valence-electron chi connectivity index (χ1n) is 5.71. The number of hydrogen-bond acceptors (Lipinski definition) is 3. The number of nitrogens with zero attached hydrogens (tertiary/aromatic N) is 1. The molecule has 0 radical (unpaired) electrons. The minimum atomic E-state index is -0.911. The van der Waals surface area contributed by atoms with Gasteiger partial charge >= 0.3 is 0 Å². The average Bonchev–Trinajstić information content (AvgIpc) is 2.72. The molecule has 0 aliphatic carbocycles. The average molecular weight is 229 g/mol. The number of para-hydroxylation sites is 1. The van der Waals surface area contributed by atoms with Crippen LogP contribution in [-0.4, -0.2) is 12.4 Å². The fourth-order valence-corrected chi connectivity index (χ4v) is 2.16. The van der Waals surface area contributed by atoms with Gasteiger partial charge in [0, 0.05) is 11.5 Å². The normalized spacial score (nSPS) is 20.9. The second-order valence-corrected chi connectivity index (χ2v) is 4.75. The van der Waals surface area contributed by atoms with Crippen LogP contribution in [0.2, 0.25) is 0 Å². The molecule has 0 spiro atoms. The molecule has 1 aromatic rings. The van der Waals surface area contributed by atoms with Crippen LogP contribution in [0.15, 0.2) is 24.3 Å². The number of benzene rings is 1. The van der Waals surface area contributed by atoms with Gasteiger partial charge in [-0.15, -0.1) is 0 Å². The molecule has 0 bridgehead atoms. The van der Waals surface area contributed by atoms with Gasteiger partial charge in [0.2, 0.25) is 0 Å². The van der Waals surface area contributed by atoms with Crippen LogP contribution < -0.4 is 4.74 Å². The lowest BCUT2D eigenvalue weighted by atomic mass is 9.78. The van der Waals surface area contributed by atoms with Crippen molar-refractivity contribution in [2.45, 2.75) is 26.2 Å². The highest BCUT2D eigenvalue weighted by molar-refractivity contribution is 5.84. The molecule has 0 N–H and O–H groups in total. The molecule has 3 nitrogen and oxygen atoms in total. The number of hydrogen-bond donors (Lipinski definition) is 0. The molecule has 2 atom stereocenters. The zero-order chi connectivity index (χ0) is 12.5. The second-order valence-electron chi connectivity index (χ2n) is 4.75. The summed E-state index contributed by atoms with van der Waals surface area (Å²) in [5, 5.41) is 9.15. The molecule has 1 heterocycles. The van der Waals surface area contributed by atoms with E-state index < -0.39 is 5.41 Å². The maximum atomic E-state index is 11.5. The summed E-state index contributed by atoms with van der Waals surface area (Å²) in [4.78, 5) is 11.5. The van der Waals surface area contributed by atoms with Gasteiger partial charge in [-0.1, -0.05) is 18.2 Å². The molecule has 1 aliphatic heterocycles. The molecular weight excluding hydrogens is 214 g/mol. The van der Waals surface area contributed by atoms with Gasteiger partial charge in [0.15, 0.2) is 0 Å². The molecule has 0 aromatic heterocycles. The molecule has 2 rings (SSSR count). The highest BCUT2D eigenvalue weighted by atomic mass is 16.5. The minimum Gasteiger partial charge on any atom is -0.493 e. The van der Waals surface area contributed by atoms with Crippen molar-refractivity contribution in [1.82, 2.24) is 0 Å². The first kappa shape index (κ1) is 11.7. The van der Waals surface area contributed by atoms with E-state index in [-0.39, 0.29) is 11.7 Å². The maximum absolute atomic E-state index is 11.5. The summed E-state index contributed by atoms with van der Waals surface area (Å²) < 4.78 is 5.56. The van der Waals surface area contributed by atoms with Gasteiger partial charge in [0.25, 0.3) is 0 Å². The standard InChI is InChI=1S/C14H15NO2/c1-10(16)14(2,9-15)7-11-8-17-13-6-4-3-5-12(11)13/h3-6,11H,7-8H2,1-2H3. The Morgan fingerprint density at radius 3 is 2.94 bits per heavy atom. The van der Waals surface area contributed by atoms with E-state index in [4.69, 9.17) is 10.00 Å². The van der Waals surface area contributed by atoms with Crippen molar-refractivity contribution < 1.29 is 9.53 Å². The number of rotatable bonds is 3. The second kappa shape index (κ2) is 4.21. The Morgan fingerprint density at radius 2 is 2.29 bits per heavy atom. The Morgan fingerprint density at radius 1 is 1.59 bits per heavy atom. The third-order valence-electron chi connectivity index (χ3n) is 3.48. The first-order valence-corrected chi connectivity index (χ1v) is 5.71. The molecule has 0 saturated heterocycles. The van der Waals surface area contributed by atoms with Crippen LogP contribution in [-0.2, 0) is 4.79 Å². The topological polar surface area (TPSA) is 50.1 Å². The molecule has 0 saturated carbocycles. The Labute approximate surface area is 101 Å². The zero-order valence-electron chi connectivity index (χ0n) is 10.1. The number of ketones is 1. The number of Topliss-reactive ketones (excluding diaryl/α,β-unsaturated/α-hetero) is 1. The summed E-state index contributed by atoms with van der Waals surface area (Å²) in [6.07, 6.45) is 0.524. The van der Waals surface area contributed by atoms with Crippen molar-refractivity contribution in [1.29, 1.82) is 5.26 Å². The lowest BCUT2D eigenvalue weighted by Gasteiger charge is -2.21. The van der Waals surface area contributed by atoms with E-state index in [1.165, 1.54) is 6.92 Å². The molecule has 1 aliphatic rings. The van der Waals surface area contributed by atoms with E-state index in [0.717, 1.165) is 11.3 Å². The zero-order valence-corrected chi connectivity index (χ0v) is 10.1. The van der Waals surface area contributed by atoms with E-state index in [9.17, 15) is 4.79 Å². The van der Waals surface area contributed by atoms with Crippen molar-refractivity contribution in [2.75, 3.05) is 6.61 Å². The van der Waals surface area contributed by atoms with Crippen LogP contribution in [0.25, 0.3) is 0 Å². The Kier molecular flexibility index (Phi) is 2.89. The Bertz CT molecular complexity index is 489. The summed E-state index contributed by atoms with van der Waals surface area (Å²) in [5.74, 6) is 0.936. The lowest BCUT2D eigenvalue weighted by molar-refractivity contribution is -0.123. The van der Waals surface area contributed by atoms with Crippen LogP contribution in [0.3, 0.4) is 0 Å². The van der Waals surface area contributed by atoms with Crippen molar-refractivity contribution in [3.05, 3.63) is 29.8 Å². The van der Waals surface area contributed by atoms with Gasteiger partial charge in [0.05, 0.1) is 12.7 Å². The predicted octanol–water partition coefficient (Wildman–Crippen LogP) is 2.67. The van der Waals surface area contributed by atoms with Gasteiger partial charge in [-0.25, -0.2) is 0 Å². The molecule has 17 heavy (non-hydrogen) atoms. The van der Waals surface area contributed by atoms with E-state index in [0.29, 0.717) is 13.0 Å². The number of ether oxygens (including phenoxy) is 1. The van der Waals surface area contributed by atoms with E-state index in [2.05, 4.69) is 6.07 Å². The lowest BCUT2D eigenvalue weighted by Crippen LogP contribution is -2.26. The summed E-state index contributed by atoms with van der Waals surface area (Å²) in [6, 6.07) is 9.94. The fraction of sp³-hybridized carbons (Fsp3) is 0.429. The van der Waals surface area contributed by atoms with Gasteiger partial charge in [-0.05, 0) is 26.3 Å². The number of nitriles is 1. The summed E-state index contributed by atoms with van der Waals surface area (Å²) in [7, 11) is 0. The number of fused-ring (bicyclic) bond motifs is 1. The summed E-state index contributed by atoms with van der Waals surface area (Å²) in [6.45, 7) is 3.74. The molecule has 0 fully saturated rings. The smallest absolute Gasteiger partial charge is 0.149 e. The summed E-state index contributed by atoms with van der Waals surface area (Å²) in [5.41, 5.74) is 0.195. The molecule has 3 heteroatoms. The van der Waals surface area contributed by atoms with E-state index in [1.807, 2.05) is 24.3 Å². The third kappa shape index (κ3) is 2.03. The maximum Gasteiger partial charge on any atom is 0.149 e. The van der Waals surface area contributed by atoms with Gasteiger partial charge in [-0.2, -0.15) is 5.26 Å². The van der Waals surface area contributed by atoms with Crippen LogP contribution >= 0.6 is 0 Å². The van der Waals surface area contributed by atoms with E-state index >= 15 is 0 Å². The molecule has 2 unspecified atom stereocenters. The Hall–Kier alpha value is -1.82. The van der Waals surface area contributed by atoms with Crippen LogP contribution in [0.5, 0.6) is 5.75 Å². The van der Waals surface area contributed by atoms with Gasteiger partial charge < -0.3 is 4.74 Å². The number of carbonyl (C=O) groups is 1. The number of carbonyl (C=O) groups excluding carboxylic acids is 1. The molecular formula is C14H15NO2. The predicted molar refractivity (Wildman–Crippen MR) is 63.7 cm³/mol. The largest absolute Gasteiger partial charge is 0.493 e. The molecule has 0 amide bonds. The first-order chi connectivity index (χ1) is 8.07. The third-order valence-corrected chi connectivity index (χ3v) is 3.48. The quantitative estimate of drug-likeness (QED) is 0.800. The van der Waals surface area contributed by atoms with Crippen LogP contribution in [0.1, 0.15) is 31.7 Å². The van der Waals surface area contributed by atoms with Crippen molar-refractivity contribution in [3.63, 3.8) is 0 Å². The Balaban J connectivity index is 2.23. The van der Waals surface area contributed by atoms with Gasteiger partial charge in [-0.3, -0.25) is 4.79 Å². The SMILES string of the molecule is CC(=O)C(C)(C#N)CC1COc2ccccc21. The summed E-state index contributed by atoms with van der Waals surface area (Å²) >= 11 is 0. The molecule has 1 aromatic carbocycles. The van der Waals surface area contributed by atoms with Crippen LogP contribution in [0.4, 0.5) is 0 Å². The highest BCUT2D eigenvalue weighted by Gasteiger charge is 2.36. The van der Waals surface area contributed by atoms with E-state index in [1.54, 1.807) is 6.92 Å². The van der Waals surface area contributed by atoms with Crippen molar-refractivity contribution in [3.8, 4) is 11.8 Å². The fourth-order valence-electron chi connectivity index (χ4n) is 2.16. The van der Waals surface area contributed by atoms with Crippen LogP contribution in [0, 0.1) is 16.7 Å².